The SMILES string of the molecule is Nc1nc(Cl)nc(Oc2cc(F)cc(F)c2)n1. The van der Waals surface area contributed by atoms with Crippen LogP contribution in [-0.4, -0.2) is 15.0 Å². The number of anilines is 1. The highest BCUT2D eigenvalue weighted by atomic mass is 35.5. The molecule has 0 radical (unpaired) electrons. The summed E-state index contributed by atoms with van der Waals surface area (Å²) >= 11 is 5.51. The molecule has 0 atom stereocenters. The van der Waals surface area contributed by atoms with Crippen molar-refractivity contribution < 1.29 is 13.5 Å². The molecule has 0 amide bonds. The van der Waals surface area contributed by atoms with Crippen molar-refractivity contribution in [2.75, 3.05) is 5.73 Å². The molecule has 0 fully saturated rings. The van der Waals surface area contributed by atoms with Crippen molar-refractivity contribution in [2.45, 2.75) is 0 Å². The fraction of sp³-hybridized carbons (Fsp3) is 0. The van der Waals surface area contributed by atoms with Crippen LogP contribution < -0.4 is 10.5 Å². The van der Waals surface area contributed by atoms with Crippen molar-refractivity contribution >= 4 is 17.5 Å². The van der Waals surface area contributed by atoms with Gasteiger partial charge < -0.3 is 10.5 Å². The molecule has 0 spiro atoms. The predicted octanol–water partition coefficient (Wildman–Crippen LogP) is 2.18. The van der Waals surface area contributed by atoms with Crippen molar-refractivity contribution in [3.05, 3.63) is 35.1 Å². The number of ether oxygens (including phenoxy) is 1. The highest BCUT2D eigenvalue weighted by Gasteiger charge is 2.07. The van der Waals surface area contributed by atoms with Gasteiger partial charge >= 0.3 is 6.01 Å². The summed E-state index contributed by atoms with van der Waals surface area (Å²) in [5.74, 6) is -1.83. The Bertz CT molecular complexity index is 477. The fourth-order valence-corrected chi connectivity index (χ4v) is 1.24. The van der Waals surface area contributed by atoms with Crippen LogP contribution in [0.3, 0.4) is 0 Å². The van der Waals surface area contributed by atoms with Gasteiger partial charge in [-0.3, -0.25) is 0 Å². The van der Waals surface area contributed by atoms with Crippen molar-refractivity contribution in [3.8, 4) is 11.8 Å². The Balaban J connectivity index is 2.31. The lowest BCUT2D eigenvalue weighted by molar-refractivity contribution is 0.431. The minimum atomic E-state index is -0.784. The maximum atomic E-state index is 12.9. The van der Waals surface area contributed by atoms with E-state index in [1.54, 1.807) is 0 Å². The van der Waals surface area contributed by atoms with E-state index in [0.717, 1.165) is 12.1 Å². The van der Waals surface area contributed by atoms with Crippen LogP contribution >= 0.6 is 11.6 Å². The summed E-state index contributed by atoms with van der Waals surface area (Å²) in [6, 6.07) is 2.41. The van der Waals surface area contributed by atoms with Crippen LogP contribution in [0.2, 0.25) is 5.28 Å². The van der Waals surface area contributed by atoms with Gasteiger partial charge in [0.1, 0.15) is 17.4 Å². The second-order valence-corrected chi connectivity index (χ2v) is 3.29. The number of hydrogen-bond acceptors (Lipinski definition) is 5. The molecule has 8 heteroatoms. The molecule has 2 N–H and O–H groups in total. The number of rotatable bonds is 2. The second-order valence-electron chi connectivity index (χ2n) is 2.95. The molecule has 0 aliphatic heterocycles. The summed E-state index contributed by atoms with van der Waals surface area (Å²) in [5, 5.41) is -0.177. The minimum Gasteiger partial charge on any atom is -0.424 e. The molecule has 2 rings (SSSR count). The quantitative estimate of drug-likeness (QED) is 0.894. The van der Waals surface area contributed by atoms with E-state index in [-0.39, 0.29) is 23.0 Å². The Morgan fingerprint density at radius 2 is 1.71 bits per heavy atom. The van der Waals surface area contributed by atoms with E-state index in [1.165, 1.54) is 0 Å². The third-order valence-corrected chi connectivity index (χ3v) is 1.82. The van der Waals surface area contributed by atoms with Gasteiger partial charge in [0.25, 0.3) is 0 Å². The van der Waals surface area contributed by atoms with Gasteiger partial charge in [-0.25, -0.2) is 8.78 Å². The van der Waals surface area contributed by atoms with E-state index < -0.39 is 11.6 Å². The zero-order valence-corrected chi connectivity index (χ0v) is 8.95. The Kier molecular flexibility index (Phi) is 3.01. The zero-order chi connectivity index (χ0) is 12.4. The molecule has 1 aromatic carbocycles. The fourth-order valence-electron chi connectivity index (χ4n) is 1.08. The molecule has 17 heavy (non-hydrogen) atoms. The van der Waals surface area contributed by atoms with E-state index in [1.807, 2.05) is 0 Å². The summed E-state index contributed by atoms with van der Waals surface area (Å²) in [6.07, 6.45) is 0. The van der Waals surface area contributed by atoms with Crippen LogP contribution in [-0.2, 0) is 0 Å². The molecule has 1 heterocycles. The van der Waals surface area contributed by atoms with Gasteiger partial charge in [0.15, 0.2) is 0 Å². The summed E-state index contributed by atoms with van der Waals surface area (Å²) < 4.78 is 30.7. The molecular weight excluding hydrogens is 254 g/mol. The zero-order valence-electron chi connectivity index (χ0n) is 8.19. The van der Waals surface area contributed by atoms with Gasteiger partial charge in [-0.1, -0.05) is 0 Å². The molecular formula is C9H5ClF2N4O. The van der Waals surface area contributed by atoms with Gasteiger partial charge in [0, 0.05) is 18.2 Å². The molecule has 0 saturated carbocycles. The van der Waals surface area contributed by atoms with Crippen molar-refractivity contribution in [1.29, 1.82) is 0 Å². The van der Waals surface area contributed by atoms with Crippen molar-refractivity contribution in [2.24, 2.45) is 0 Å². The molecule has 0 aliphatic carbocycles. The van der Waals surface area contributed by atoms with Gasteiger partial charge in [0.2, 0.25) is 11.2 Å². The smallest absolute Gasteiger partial charge is 0.328 e. The summed E-state index contributed by atoms with van der Waals surface area (Å²) in [7, 11) is 0. The lowest BCUT2D eigenvalue weighted by atomic mass is 10.3. The molecule has 88 valence electrons. The summed E-state index contributed by atoms with van der Waals surface area (Å²) in [6.45, 7) is 0. The Morgan fingerprint density at radius 3 is 2.29 bits per heavy atom. The van der Waals surface area contributed by atoms with Crippen molar-refractivity contribution in [1.82, 2.24) is 15.0 Å². The van der Waals surface area contributed by atoms with Crippen LogP contribution in [0.5, 0.6) is 11.8 Å². The lowest BCUT2D eigenvalue weighted by Gasteiger charge is -2.04. The topological polar surface area (TPSA) is 73.9 Å². The largest absolute Gasteiger partial charge is 0.424 e. The first-order valence-electron chi connectivity index (χ1n) is 4.34. The van der Waals surface area contributed by atoms with Gasteiger partial charge in [-0.15, -0.1) is 0 Å². The van der Waals surface area contributed by atoms with Crippen LogP contribution in [0, 0.1) is 11.6 Å². The number of hydrogen-bond donors (Lipinski definition) is 1. The second kappa shape index (κ2) is 4.46. The Hall–Kier alpha value is -2.02. The van der Waals surface area contributed by atoms with Crippen LogP contribution in [0.4, 0.5) is 14.7 Å². The lowest BCUT2D eigenvalue weighted by Crippen LogP contribution is -2.00. The minimum absolute atomic E-state index is 0.107. The Morgan fingerprint density at radius 1 is 1.06 bits per heavy atom. The average Bonchev–Trinajstić information content (AvgIpc) is 2.13. The number of nitrogen functional groups attached to an aromatic ring is 1. The van der Waals surface area contributed by atoms with Crippen LogP contribution in [0.25, 0.3) is 0 Å². The number of aromatic nitrogens is 3. The number of nitrogens with two attached hydrogens (primary N) is 1. The van der Waals surface area contributed by atoms with Gasteiger partial charge in [-0.2, -0.15) is 15.0 Å². The van der Waals surface area contributed by atoms with E-state index in [0.29, 0.717) is 6.07 Å². The molecule has 1 aromatic heterocycles. The molecule has 2 aromatic rings. The normalized spacial score (nSPS) is 10.3. The first kappa shape index (κ1) is 11.5. The summed E-state index contributed by atoms with van der Waals surface area (Å²) in [5.41, 5.74) is 5.30. The average molecular weight is 259 g/mol. The van der Waals surface area contributed by atoms with E-state index in [9.17, 15) is 8.78 Å². The first-order chi connectivity index (χ1) is 8.02. The van der Waals surface area contributed by atoms with Crippen LogP contribution in [0.1, 0.15) is 0 Å². The van der Waals surface area contributed by atoms with E-state index in [2.05, 4.69) is 15.0 Å². The van der Waals surface area contributed by atoms with E-state index >= 15 is 0 Å². The van der Waals surface area contributed by atoms with Crippen molar-refractivity contribution in [3.63, 3.8) is 0 Å². The molecule has 0 saturated heterocycles. The van der Waals surface area contributed by atoms with Crippen LogP contribution in [0.15, 0.2) is 18.2 Å². The Labute approximate surface area is 99.2 Å². The maximum absolute atomic E-state index is 12.9. The highest BCUT2D eigenvalue weighted by Crippen LogP contribution is 2.21. The molecule has 0 unspecified atom stereocenters. The molecule has 0 bridgehead atoms. The predicted molar refractivity (Wildman–Crippen MR) is 55.7 cm³/mol. The number of benzene rings is 1. The maximum Gasteiger partial charge on any atom is 0.328 e. The number of nitrogens with zero attached hydrogens (tertiary/aromatic N) is 3. The monoisotopic (exact) mass is 258 g/mol. The van der Waals surface area contributed by atoms with Gasteiger partial charge in [0.05, 0.1) is 0 Å². The molecule has 0 aliphatic rings. The van der Waals surface area contributed by atoms with E-state index in [4.69, 9.17) is 22.1 Å². The number of halogens is 3. The highest BCUT2D eigenvalue weighted by molar-refractivity contribution is 6.28. The standard InChI is InChI=1S/C9H5ClF2N4O/c10-7-14-8(13)16-9(15-7)17-6-2-4(11)1-5(12)3-6/h1-3H,(H2,13,14,15,16). The summed E-state index contributed by atoms with van der Waals surface area (Å²) in [4.78, 5) is 10.7. The molecule has 5 nitrogen and oxygen atoms in total. The third-order valence-electron chi connectivity index (χ3n) is 1.65. The van der Waals surface area contributed by atoms with Gasteiger partial charge in [-0.05, 0) is 11.6 Å². The third kappa shape index (κ3) is 2.97. The first-order valence-corrected chi connectivity index (χ1v) is 4.72.